The molecule has 1 nitrogen and oxygen atoms in total. The van der Waals surface area contributed by atoms with Crippen LogP contribution in [0.15, 0.2) is 29.8 Å². The Morgan fingerprint density at radius 3 is 2.77 bits per heavy atom. The number of rotatable bonds is 3. The largest absolute Gasteiger partial charge is 0.379 e. The van der Waals surface area contributed by atoms with Gasteiger partial charge in [0.25, 0.3) is 0 Å². The molecule has 0 aliphatic carbocycles. The van der Waals surface area contributed by atoms with Gasteiger partial charge in [0, 0.05) is 5.03 Å². The van der Waals surface area contributed by atoms with Crippen LogP contribution in [0.1, 0.15) is 0 Å². The van der Waals surface area contributed by atoms with Crippen molar-refractivity contribution in [2.45, 2.75) is 0 Å². The summed E-state index contributed by atoms with van der Waals surface area (Å²) >= 11 is 11.3. The SMILES string of the molecule is C=C(Cl)CNc1ccc(F)cc1Cl. The van der Waals surface area contributed by atoms with E-state index in [1.165, 1.54) is 12.1 Å². The van der Waals surface area contributed by atoms with Crippen LogP contribution in [-0.2, 0) is 0 Å². The van der Waals surface area contributed by atoms with Gasteiger partial charge in [-0.05, 0) is 18.2 Å². The minimum Gasteiger partial charge on any atom is -0.379 e. The van der Waals surface area contributed by atoms with Crippen molar-refractivity contribution in [3.8, 4) is 0 Å². The van der Waals surface area contributed by atoms with E-state index in [4.69, 9.17) is 23.2 Å². The summed E-state index contributed by atoms with van der Waals surface area (Å²) in [6.07, 6.45) is 0. The third kappa shape index (κ3) is 3.25. The Hall–Kier alpha value is -0.730. The lowest BCUT2D eigenvalue weighted by molar-refractivity contribution is 0.628. The minimum absolute atomic E-state index is 0.331. The molecule has 1 aromatic rings. The summed E-state index contributed by atoms with van der Waals surface area (Å²) in [5.41, 5.74) is 0.643. The summed E-state index contributed by atoms with van der Waals surface area (Å²) in [6, 6.07) is 4.11. The standard InChI is InChI=1S/C9H8Cl2FN/c1-6(10)5-13-9-3-2-7(12)4-8(9)11/h2-4,13H,1,5H2. The zero-order chi connectivity index (χ0) is 9.84. The van der Waals surface area contributed by atoms with Gasteiger partial charge in [-0.2, -0.15) is 0 Å². The summed E-state index contributed by atoms with van der Waals surface area (Å²) in [6.45, 7) is 3.91. The van der Waals surface area contributed by atoms with Gasteiger partial charge in [0.05, 0.1) is 17.3 Å². The second-order valence-electron chi connectivity index (χ2n) is 2.49. The maximum Gasteiger partial charge on any atom is 0.124 e. The van der Waals surface area contributed by atoms with Gasteiger partial charge in [-0.3, -0.25) is 0 Å². The average molecular weight is 220 g/mol. The van der Waals surface area contributed by atoms with Crippen molar-refractivity contribution >= 4 is 28.9 Å². The van der Waals surface area contributed by atoms with Crippen LogP contribution >= 0.6 is 23.2 Å². The van der Waals surface area contributed by atoms with E-state index in [0.717, 1.165) is 0 Å². The van der Waals surface area contributed by atoms with E-state index in [1.807, 2.05) is 0 Å². The van der Waals surface area contributed by atoms with Crippen LogP contribution < -0.4 is 5.32 Å². The first-order valence-corrected chi connectivity index (χ1v) is 4.37. The Morgan fingerprint density at radius 2 is 2.23 bits per heavy atom. The molecule has 0 aliphatic rings. The highest BCUT2D eigenvalue weighted by molar-refractivity contribution is 6.33. The van der Waals surface area contributed by atoms with Crippen LogP contribution in [0.2, 0.25) is 5.02 Å². The highest BCUT2D eigenvalue weighted by atomic mass is 35.5. The second kappa shape index (κ2) is 4.49. The summed E-state index contributed by atoms with van der Waals surface area (Å²) in [4.78, 5) is 0. The number of halogens is 3. The van der Waals surface area contributed by atoms with Crippen LogP contribution in [0, 0.1) is 5.82 Å². The first-order valence-electron chi connectivity index (χ1n) is 3.62. The molecule has 1 N–H and O–H groups in total. The van der Waals surface area contributed by atoms with Gasteiger partial charge < -0.3 is 5.32 Å². The van der Waals surface area contributed by atoms with Crippen LogP contribution in [-0.4, -0.2) is 6.54 Å². The Labute approximate surface area is 86.2 Å². The summed E-state index contributed by atoms with van der Waals surface area (Å²) in [5, 5.41) is 3.71. The van der Waals surface area contributed by atoms with Crippen LogP contribution in [0.3, 0.4) is 0 Å². The number of nitrogens with one attached hydrogen (secondary N) is 1. The molecule has 0 bridgehead atoms. The quantitative estimate of drug-likeness (QED) is 0.819. The number of benzene rings is 1. The minimum atomic E-state index is -0.361. The zero-order valence-corrected chi connectivity index (χ0v) is 8.29. The molecule has 0 atom stereocenters. The smallest absolute Gasteiger partial charge is 0.124 e. The van der Waals surface area contributed by atoms with E-state index in [0.29, 0.717) is 22.3 Å². The van der Waals surface area contributed by atoms with Crippen molar-refractivity contribution in [3.63, 3.8) is 0 Å². The molecule has 1 rings (SSSR count). The summed E-state index contributed by atoms with van der Waals surface area (Å²) in [5.74, 6) is -0.361. The summed E-state index contributed by atoms with van der Waals surface area (Å²) < 4.78 is 12.6. The van der Waals surface area contributed by atoms with Crippen molar-refractivity contribution < 1.29 is 4.39 Å². The Morgan fingerprint density at radius 1 is 1.54 bits per heavy atom. The van der Waals surface area contributed by atoms with Crippen LogP contribution in [0.4, 0.5) is 10.1 Å². The maximum absolute atomic E-state index is 12.6. The van der Waals surface area contributed by atoms with E-state index >= 15 is 0 Å². The molecule has 0 amide bonds. The lowest BCUT2D eigenvalue weighted by atomic mass is 10.3. The monoisotopic (exact) mass is 219 g/mol. The highest BCUT2D eigenvalue weighted by Crippen LogP contribution is 2.22. The van der Waals surface area contributed by atoms with Gasteiger partial charge in [-0.25, -0.2) is 4.39 Å². The number of anilines is 1. The highest BCUT2D eigenvalue weighted by Gasteiger charge is 2.00. The van der Waals surface area contributed by atoms with Crippen molar-refractivity contribution in [2.75, 3.05) is 11.9 Å². The predicted octanol–water partition coefficient (Wildman–Crippen LogP) is 3.64. The second-order valence-corrected chi connectivity index (χ2v) is 3.44. The lowest BCUT2D eigenvalue weighted by Crippen LogP contribution is -2.01. The van der Waals surface area contributed by atoms with E-state index in [2.05, 4.69) is 11.9 Å². The normalized spacial score (nSPS) is 9.77. The predicted molar refractivity (Wildman–Crippen MR) is 54.9 cm³/mol. The van der Waals surface area contributed by atoms with Crippen molar-refractivity contribution in [1.82, 2.24) is 0 Å². The van der Waals surface area contributed by atoms with Crippen molar-refractivity contribution in [1.29, 1.82) is 0 Å². The number of hydrogen-bond acceptors (Lipinski definition) is 1. The van der Waals surface area contributed by atoms with Gasteiger partial charge in [0.1, 0.15) is 5.82 Å². The van der Waals surface area contributed by atoms with Crippen LogP contribution in [0.25, 0.3) is 0 Å². The molecule has 13 heavy (non-hydrogen) atoms. The Bertz CT molecular complexity index is 325. The molecule has 4 heteroatoms. The first kappa shape index (κ1) is 10.4. The maximum atomic E-state index is 12.6. The fourth-order valence-corrected chi connectivity index (χ4v) is 1.12. The molecule has 0 unspecified atom stereocenters. The van der Waals surface area contributed by atoms with Gasteiger partial charge in [-0.1, -0.05) is 29.8 Å². The Kier molecular flexibility index (Phi) is 3.58. The molecular formula is C9H8Cl2FN. The molecule has 0 spiro atoms. The van der Waals surface area contributed by atoms with Crippen molar-refractivity contribution in [2.24, 2.45) is 0 Å². The fourth-order valence-electron chi connectivity index (χ4n) is 0.824. The molecule has 1 aromatic carbocycles. The average Bonchev–Trinajstić information content (AvgIpc) is 2.02. The molecule has 0 heterocycles. The number of hydrogen-bond donors (Lipinski definition) is 1. The van der Waals surface area contributed by atoms with E-state index in [1.54, 1.807) is 6.07 Å². The molecule has 0 aromatic heterocycles. The zero-order valence-electron chi connectivity index (χ0n) is 6.78. The first-order chi connectivity index (χ1) is 6.09. The molecule has 0 aliphatic heterocycles. The topological polar surface area (TPSA) is 12.0 Å². The molecule has 70 valence electrons. The lowest BCUT2D eigenvalue weighted by Gasteiger charge is -2.06. The third-order valence-corrected chi connectivity index (χ3v) is 1.85. The fraction of sp³-hybridized carbons (Fsp3) is 0.111. The summed E-state index contributed by atoms with van der Waals surface area (Å²) in [7, 11) is 0. The molecular weight excluding hydrogens is 212 g/mol. The van der Waals surface area contributed by atoms with Crippen LogP contribution in [0.5, 0.6) is 0 Å². The van der Waals surface area contributed by atoms with Gasteiger partial charge in [-0.15, -0.1) is 0 Å². The van der Waals surface area contributed by atoms with Gasteiger partial charge in [0.15, 0.2) is 0 Å². The Balaban J connectivity index is 2.72. The molecule has 0 fully saturated rings. The molecule has 0 saturated heterocycles. The molecule has 0 saturated carbocycles. The van der Waals surface area contributed by atoms with E-state index in [-0.39, 0.29) is 5.82 Å². The van der Waals surface area contributed by atoms with Crippen molar-refractivity contribution in [3.05, 3.63) is 40.7 Å². The van der Waals surface area contributed by atoms with Gasteiger partial charge >= 0.3 is 0 Å². The van der Waals surface area contributed by atoms with Gasteiger partial charge in [0.2, 0.25) is 0 Å². The van der Waals surface area contributed by atoms with E-state index in [9.17, 15) is 4.39 Å². The van der Waals surface area contributed by atoms with E-state index < -0.39 is 0 Å². The molecule has 0 radical (unpaired) electrons. The third-order valence-electron chi connectivity index (χ3n) is 1.40.